The maximum Gasteiger partial charge on any atom is 0.0534 e. The first-order valence-electron chi connectivity index (χ1n) is 16.6. The number of aromatic nitrogens is 2. The average molecular weight is 571 g/mol. The predicted molar refractivity (Wildman–Crippen MR) is 187 cm³/mol. The van der Waals surface area contributed by atoms with Crippen molar-refractivity contribution < 1.29 is 0 Å². The molecule has 0 spiro atoms. The van der Waals surface area contributed by atoms with E-state index in [0.717, 1.165) is 51.4 Å². The summed E-state index contributed by atoms with van der Waals surface area (Å²) in [6.07, 6.45) is 30.1. The quantitative estimate of drug-likeness (QED) is 0.190. The molecule has 5 aromatic rings. The highest BCUT2D eigenvalue weighted by molar-refractivity contribution is 5.97. The summed E-state index contributed by atoms with van der Waals surface area (Å²) in [5, 5.41) is 2.86. The van der Waals surface area contributed by atoms with Gasteiger partial charge in [-0.15, -0.1) is 0 Å². The van der Waals surface area contributed by atoms with E-state index in [1.165, 1.54) is 66.7 Å². The molecule has 0 aliphatic heterocycles. The van der Waals surface area contributed by atoms with E-state index in [9.17, 15) is 0 Å². The Hall–Kier alpha value is -4.56. The van der Waals surface area contributed by atoms with Gasteiger partial charge in [0, 0.05) is 45.3 Å². The van der Waals surface area contributed by atoms with Crippen LogP contribution in [-0.2, 0) is 12.8 Å². The minimum absolute atomic E-state index is 0.463. The highest BCUT2D eigenvalue weighted by Gasteiger charge is 2.27. The van der Waals surface area contributed by atoms with E-state index in [-0.39, 0.29) is 0 Å². The van der Waals surface area contributed by atoms with Crippen molar-refractivity contribution in [1.82, 2.24) is 9.13 Å². The Kier molecular flexibility index (Phi) is 6.21. The molecule has 2 aromatic heterocycles. The van der Waals surface area contributed by atoms with E-state index in [1.807, 2.05) is 0 Å². The maximum absolute atomic E-state index is 2.68. The van der Waals surface area contributed by atoms with Crippen molar-refractivity contribution in [1.29, 1.82) is 0 Å². The molecule has 3 aromatic carbocycles. The number of fused-ring (bicyclic) bond motifs is 6. The van der Waals surface area contributed by atoms with E-state index in [1.54, 1.807) is 0 Å². The van der Waals surface area contributed by atoms with Gasteiger partial charge in [-0.3, -0.25) is 0 Å². The van der Waals surface area contributed by atoms with Crippen LogP contribution in [0.25, 0.3) is 50.8 Å². The molecule has 9 rings (SSSR count). The number of hydrogen-bond donors (Lipinski definition) is 0. The first-order valence-corrected chi connectivity index (χ1v) is 16.6. The summed E-state index contributed by atoms with van der Waals surface area (Å²) < 4.78 is 5.21. The first kappa shape index (κ1) is 25.9. The molecule has 0 bridgehead atoms. The Morgan fingerprint density at radius 2 is 1.34 bits per heavy atom. The molecular formula is C42H38N2. The van der Waals surface area contributed by atoms with Crippen molar-refractivity contribution in [2.24, 2.45) is 0 Å². The molecule has 0 radical (unpaired) electrons. The molecule has 2 heteroatoms. The van der Waals surface area contributed by atoms with Gasteiger partial charge in [-0.1, -0.05) is 78.9 Å². The minimum atomic E-state index is 0.463. The Morgan fingerprint density at radius 1 is 0.636 bits per heavy atom. The van der Waals surface area contributed by atoms with E-state index in [2.05, 4.69) is 131 Å². The van der Waals surface area contributed by atoms with E-state index < -0.39 is 0 Å². The molecule has 2 nitrogen and oxygen atoms in total. The monoisotopic (exact) mass is 570 g/mol. The minimum Gasteiger partial charge on any atom is -0.337 e. The van der Waals surface area contributed by atoms with Crippen LogP contribution in [0.2, 0.25) is 0 Å². The van der Waals surface area contributed by atoms with Gasteiger partial charge in [0.2, 0.25) is 0 Å². The third kappa shape index (κ3) is 4.15. The molecule has 4 aliphatic rings. The molecule has 44 heavy (non-hydrogen) atoms. The number of rotatable bonds is 4. The first-order chi connectivity index (χ1) is 21.8. The van der Waals surface area contributed by atoms with Gasteiger partial charge in [-0.05, 0) is 122 Å². The molecule has 0 fully saturated rings. The predicted octanol–water partition coefficient (Wildman–Crippen LogP) is 11.0. The van der Waals surface area contributed by atoms with Crippen LogP contribution in [0.5, 0.6) is 0 Å². The van der Waals surface area contributed by atoms with Crippen LogP contribution in [0.4, 0.5) is 0 Å². The number of hydrogen-bond acceptors (Lipinski definition) is 0. The molecule has 0 saturated carbocycles. The van der Waals surface area contributed by atoms with Crippen LogP contribution < -0.4 is 0 Å². The normalized spacial score (nSPS) is 20.7. The lowest BCUT2D eigenvalue weighted by atomic mass is 9.86. The van der Waals surface area contributed by atoms with Crippen LogP contribution in [0, 0.1) is 0 Å². The molecule has 2 heterocycles. The van der Waals surface area contributed by atoms with Crippen LogP contribution in [0.3, 0.4) is 0 Å². The lowest BCUT2D eigenvalue weighted by Crippen LogP contribution is -2.16. The fraction of sp³-hybridized carbons (Fsp3) is 0.238. The fourth-order valence-electron chi connectivity index (χ4n) is 8.37. The summed E-state index contributed by atoms with van der Waals surface area (Å²) in [5.74, 6) is 0.468. The van der Waals surface area contributed by atoms with Crippen LogP contribution in [0.1, 0.15) is 78.6 Å². The van der Waals surface area contributed by atoms with E-state index in [0.29, 0.717) is 12.0 Å². The molecule has 216 valence electrons. The molecule has 0 saturated heterocycles. The van der Waals surface area contributed by atoms with Gasteiger partial charge in [-0.2, -0.15) is 0 Å². The number of nitrogens with zero attached hydrogens (tertiary/aromatic N) is 2. The summed E-state index contributed by atoms with van der Waals surface area (Å²) in [6, 6.07) is 26.0. The van der Waals surface area contributed by atoms with Crippen LogP contribution >= 0.6 is 0 Å². The SMILES string of the molecule is C1=CCCC(n2c3c(c4cc(-c5ccc6c(c5)c5c(n6C6CC=CC(c7ccccc7)C6)C=CCC5)ccc42)CCC=C3)=C1. The fourth-order valence-corrected chi connectivity index (χ4v) is 8.37. The lowest BCUT2D eigenvalue weighted by Gasteiger charge is -2.29. The highest BCUT2D eigenvalue weighted by atomic mass is 15.0. The molecule has 0 N–H and O–H groups in total. The molecule has 2 atom stereocenters. The number of aryl methyl sites for hydroxylation is 2. The van der Waals surface area contributed by atoms with Crippen LogP contribution in [-0.4, -0.2) is 9.13 Å². The summed E-state index contributed by atoms with van der Waals surface area (Å²) in [5.41, 5.74) is 14.1. The third-order valence-corrected chi connectivity index (χ3v) is 10.4. The highest BCUT2D eigenvalue weighted by Crippen LogP contribution is 2.43. The zero-order valence-electron chi connectivity index (χ0n) is 25.3. The van der Waals surface area contributed by atoms with Crippen molar-refractivity contribution in [3.05, 3.63) is 137 Å². The molecular weight excluding hydrogens is 532 g/mol. The second-order valence-corrected chi connectivity index (χ2v) is 13.0. The van der Waals surface area contributed by atoms with Gasteiger partial charge in [0.1, 0.15) is 0 Å². The van der Waals surface area contributed by atoms with Gasteiger partial charge >= 0.3 is 0 Å². The zero-order chi connectivity index (χ0) is 29.0. The zero-order valence-corrected chi connectivity index (χ0v) is 25.3. The smallest absolute Gasteiger partial charge is 0.0534 e. The summed E-state index contributed by atoms with van der Waals surface area (Å²) in [6.45, 7) is 0. The van der Waals surface area contributed by atoms with Gasteiger partial charge in [0.15, 0.2) is 0 Å². The Labute approximate surface area is 260 Å². The number of allylic oxidation sites excluding steroid dienone is 8. The summed E-state index contributed by atoms with van der Waals surface area (Å²) in [4.78, 5) is 0. The summed E-state index contributed by atoms with van der Waals surface area (Å²) >= 11 is 0. The van der Waals surface area contributed by atoms with Crippen molar-refractivity contribution in [3.63, 3.8) is 0 Å². The van der Waals surface area contributed by atoms with Gasteiger partial charge in [-0.25, -0.2) is 0 Å². The third-order valence-electron chi connectivity index (χ3n) is 10.4. The molecule has 0 amide bonds. The molecule has 4 aliphatic carbocycles. The van der Waals surface area contributed by atoms with Crippen molar-refractivity contribution in [2.75, 3.05) is 0 Å². The van der Waals surface area contributed by atoms with Gasteiger partial charge in [0.05, 0.1) is 5.52 Å². The molecule has 2 unspecified atom stereocenters. The number of benzene rings is 3. The standard InChI is InChI=1S/C42H38N2/c1-3-12-29(13-4-1)30-14-11-17-34(26-30)44-40-21-10-8-19-36(40)38-28-32(23-25-42(38)44)31-22-24-41-37(27-31)35-18-7-9-20-39(35)43(41)33-15-5-2-6-16-33/h1-5,9-15,20-25,27-28,30,34H,6-8,16-19,26H2. The van der Waals surface area contributed by atoms with Crippen molar-refractivity contribution >= 4 is 39.7 Å². The summed E-state index contributed by atoms with van der Waals surface area (Å²) in [7, 11) is 0. The van der Waals surface area contributed by atoms with Gasteiger partial charge in [0.25, 0.3) is 0 Å². The van der Waals surface area contributed by atoms with Crippen molar-refractivity contribution in [2.45, 2.75) is 63.3 Å². The Morgan fingerprint density at radius 3 is 2.11 bits per heavy atom. The van der Waals surface area contributed by atoms with E-state index >= 15 is 0 Å². The largest absolute Gasteiger partial charge is 0.337 e. The second kappa shape index (κ2) is 10.6. The van der Waals surface area contributed by atoms with E-state index in [4.69, 9.17) is 0 Å². The van der Waals surface area contributed by atoms with Crippen LogP contribution in [0.15, 0.2) is 109 Å². The second-order valence-electron chi connectivity index (χ2n) is 13.0. The van der Waals surface area contributed by atoms with Gasteiger partial charge < -0.3 is 9.13 Å². The van der Waals surface area contributed by atoms with Crippen molar-refractivity contribution in [3.8, 4) is 11.1 Å². The Bertz CT molecular complexity index is 2070. The maximum atomic E-state index is 2.68. The average Bonchev–Trinajstić information content (AvgIpc) is 3.61. The topological polar surface area (TPSA) is 9.86 Å². The Balaban J connectivity index is 1.15. The lowest BCUT2D eigenvalue weighted by molar-refractivity contribution is 0.443.